The van der Waals surface area contributed by atoms with Gasteiger partial charge in [-0.3, -0.25) is 0 Å². The van der Waals surface area contributed by atoms with Crippen LogP contribution in [-0.4, -0.2) is 9.56 Å². The number of nitrogens with zero attached hydrogens (tertiary/aromatic N) is 2. The molecule has 5 rings (SSSR count). The minimum absolute atomic E-state index is 0.605. The second kappa shape index (κ2) is 8.75. The molecule has 0 fully saturated rings. The Morgan fingerprint density at radius 2 is 1.38 bits per heavy atom. The highest BCUT2D eigenvalue weighted by atomic mass is 35.5. The smallest absolute Gasteiger partial charge is 0.299 e. The van der Waals surface area contributed by atoms with Gasteiger partial charge in [0.1, 0.15) is 5.69 Å². The van der Waals surface area contributed by atoms with E-state index in [1.807, 2.05) is 78.9 Å². The van der Waals surface area contributed by atoms with Gasteiger partial charge in [0.2, 0.25) is 5.69 Å². The Labute approximate surface area is 201 Å². The Balaban J connectivity index is 1.78. The quantitative estimate of drug-likeness (QED) is 0.224. The monoisotopic (exact) mass is 474 g/mol. The van der Waals surface area contributed by atoms with Gasteiger partial charge in [-0.15, -0.1) is 0 Å². The fourth-order valence-electron chi connectivity index (χ4n) is 3.79. The molecule has 6 heteroatoms. The number of fused-ring (bicyclic) bond motifs is 1. The van der Waals surface area contributed by atoms with Crippen molar-refractivity contribution in [3.63, 3.8) is 0 Å². The van der Waals surface area contributed by atoms with Gasteiger partial charge >= 0.3 is 0 Å². The molecule has 0 aliphatic rings. The zero-order valence-electron chi connectivity index (χ0n) is 16.9. The fourth-order valence-corrected chi connectivity index (χ4v) is 4.35. The molecule has 0 amide bonds. The average Bonchev–Trinajstić information content (AvgIpc) is 3.17. The summed E-state index contributed by atoms with van der Waals surface area (Å²) in [7, 11) is 0. The summed E-state index contributed by atoms with van der Waals surface area (Å²) in [6, 6.07) is 31.7. The van der Waals surface area contributed by atoms with Gasteiger partial charge in [0.15, 0.2) is 10.5 Å². The third-order valence-electron chi connectivity index (χ3n) is 5.20. The van der Waals surface area contributed by atoms with Crippen molar-refractivity contribution in [3.05, 3.63) is 119 Å². The Morgan fingerprint density at radius 1 is 0.750 bits per heavy atom. The van der Waals surface area contributed by atoms with Crippen molar-refractivity contribution in [2.45, 2.75) is 0 Å². The molecule has 0 radical (unpaired) electrons. The normalized spacial score (nSPS) is 10.9. The van der Waals surface area contributed by atoms with Crippen LogP contribution in [0.25, 0.3) is 22.6 Å². The van der Waals surface area contributed by atoms with E-state index in [0.717, 1.165) is 34.0 Å². The Hall–Kier alpha value is -3.18. The van der Waals surface area contributed by atoms with E-state index < -0.39 is 0 Å². The van der Waals surface area contributed by atoms with Crippen molar-refractivity contribution in [2.75, 3.05) is 5.32 Å². The molecule has 5 aromatic rings. The maximum absolute atomic E-state index is 6.19. The molecule has 0 saturated carbocycles. The minimum Gasteiger partial charge on any atom is -0.343 e. The first kappa shape index (κ1) is 20.7. The third-order valence-corrected chi connectivity index (χ3v) is 6.00. The lowest BCUT2D eigenvalue weighted by Crippen LogP contribution is -2.22. The number of imidazole rings is 1. The molecule has 32 heavy (non-hydrogen) atoms. The van der Waals surface area contributed by atoms with Gasteiger partial charge in [0.25, 0.3) is 5.82 Å². The molecule has 1 N–H and O–H groups in total. The molecule has 0 aliphatic carbocycles. The molecule has 0 atom stereocenters. The van der Waals surface area contributed by atoms with Gasteiger partial charge in [0, 0.05) is 15.7 Å². The summed E-state index contributed by atoms with van der Waals surface area (Å²) in [5.41, 5.74) is 4.79. The molecular formula is C26H18Cl2N3S+. The maximum Gasteiger partial charge on any atom is 0.299 e. The highest BCUT2D eigenvalue weighted by Crippen LogP contribution is 2.28. The van der Waals surface area contributed by atoms with Gasteiger partial charge in [0.05, 0.1) is 11.8 Å². The molecule has 3 aromatic carbocycles. The van der Waals surface area contributed by atoms with Crippen LogP contribution in [0.15, 0.2) is 103 Å². The predicted molar refractivity (Wildman–Crippen MR) is 136 cm³/mol. The Kier molecular flexibility index (Phi) is 5.66. The van der Waals surface area contributed by atoms with Crippen LogP contribution in [0.2, 0.25) is 10.0 Å². The summed E-state index contributed by atoms with van der Waals surface area (Å²) in [4.78, 5) is 0.605. The zero-order valence-corrected chi connectivity index (χ0v) is 19.2. The lowest BCUT2D eigenvalue weighted by atomic mass is 10.2. The first-order valence-electron chi connectivity index (χ1n) is 10.1. The second-order valence-corrected chi connectivity index (χ2v) is 8.55. The number of nitrogens with one attached hydrogen (secondary N) is 1. The number of aromatic nitrogens is 2. The van der Waals surface area contributed by atoms with Crippen LogP contribution in [0.3, 0.4) is 0 Å². The SMILES string of the molecule is S=C(Nc1ccc(Cl)cc1)c1c2cccc[n+]2c(-c2ccccc2)n1-c1ccc(Cl)cc1. The van der Waals surface area contributed by atoms with E-state index in [-0.39, 0.29) is 0 Å². The van der Waals surface area contributed by atoms with Crippen LogP contribution < -0.4 is 9.72 Å². The van der Waals surface area contributed by atoms with E-state index in [0.29, 0.717) is 15.0 Å². The molecule has 2 heterocycles. The summed E-state index contributed by atoms with van der Waals surface area (Å²) in [6.07, 6.45) is 2.05. The number of thiocarbonyl (C=S) groups is 1. The summed E-state index contributed by atoms with van der Waals surface area (Å²) in [6.45, 7) is 0. The lowest BCUT2D eigenvalue weighted by Gasteiger charge is -2.09. The standard InChI is InChI=1S/C26H17Cl2N3S/c27-19-9-13-21(14-10-19)29-25(32)24-23-8-4-5-17-30(23)26(18-6-2-1-3-7-18)31(24)22-15-11-20(28)12-16-22/h1-17H/p+1. The van der Waals surface area contributed by atoms with Crippen molar-refractivity contribution in [3.8, 4) is 17.1 Å². The van der Waals surface area contributed by atoms with Crippen LogP contribution >= 0.6 is 35.4 Å². The number of anilines is 1. The summed E-state index contributed by atoms with van der Waals surface area (Å²) in [5.74, 6) is 0.999. The third kappa shape index (κ3) is 3.89. The van der Waals surface area contributed by atoms with E-state index in [1.165, 1.54) is 0 Å². The van der Waals surface area contributed by atoms with Gasteiger partial charge < -0.3 is 5.32 Å². The lowest BCUT2D eigenvalue weighted by molar-refractivity contribution is -0.499. The first-order valence-corrected chi connectivity index (χ1v) is 11.2. The van der Waals surface area contributed by atoms with Gasteiger partial charge in [-0.2, -0.15) is 8.97 Å². The zero-order chi connectivity index (χ0) is 22.1. The minimum atomic E-state index is 0.605. The maximum atomic E-state index is 6.19. The van der Waals surface area contributed by atoms with E-state index in [4.69, 9.17) is 35.4 Å². The van der Waals surface area contributed by atoms with Gasteiger partial charge in [-0.1, -0.05) is 59.7 Å². The fraction of sp³-hybridized carbons (Fsp3) is 0. The molecule has 3 nitrogen and oxygen atoms in total. The number of benzene rings is 3. The molecule has 0 aliphatic heterocycles. The van der Waals surface area contributed by atoms with Crippen molar-refractivity contribution >= 4 is 51.6 Å². The number of hydrogen-bond acceptors (Lipinski definition) is 1. The van der Waals surface area contributed by atoms with Crippen molar-refractivity contribution in [2.24, 2.45) is 0 Å². The molecule has 0 saturated heterocycles. The number of halogens is 2. The summed E-state index contributed by atoms with van der Waals surface area (Å²) < 4.78 is 4.33. The molecule has 2 aromatic heterocycles. The van der Waals surface area contributed by atoms with Crippen LogP contribution in [0.1, 0.15) is 5.69 Å². The molecular weight excluding hydrogens is 457 g/mol. The van der Waals surface area contributed by atoms with Crippen LogP contribution in [0.4, 0.5) is 5.69 Å². The highest BCUT2D eigenvalue weighted by molar-refractivity contribution is 7.81. The van der Waals surface area contributed by atoms with Gasteiger partial charge in [-0.05, 0) is 72.8 Å². The summed E-state index contributed by atoms with van der Waals surface area (Å²) in [5, 5.41) is 4.74. The molecule has 156 valence electrons. The Bertz CT molecular complexity index is 1410. The number of hydrogen-bond donors (Lipinski definition) is 1. The number of pyridine rings is 1. The van der Waals surface area contributed by atoms with Crippen LogP contribution in [0, 0.1) is 0 Å². The average molecular weight is 475 g/mol. The Morgan fingerprint density at radius 3 is 2.06 bits per heavy atom. The summed E-state index contributed by atoms with van der Waals surface area (Å²) >= 11 is 18.2. The first-order chi connectivity index (χ1) is 15.6. The van der Waals surface area contributed by atoms with Crippen molar-refractivity contribution < 1.29 is 4.40 Å². The van der Waals surface area contributed by atoms with Crippen molar-refractivity contribution in [1.29, 1.82) is 0 Å². The van der Waals surface area contributed by atoms with Crippen LogP contribution in [-0.2, 0) is 0 Å². The molecule has 0 spiro atoms. The molecule has 0 bridgehead atoms. The van der Waals surface area contributed by atoms with Gasteiger partial charge in [-0.25, -0.2) is 0 Å². The van der Waals surface area contributed by atoms with Crippen molar-refractivity contribution in [1.82, 2.24) is 4.57 Å². The van der Waals surface area contributed by atoms with E-state index in [1.54, 1.807) is 0 Å². The highest BCUT2D eigenvalue weighted by Gasteiger charge is 2.30. The molecule has 0 unspecified atom stereocenters. The van der Waals surface area contributed by atoms with E-state index in [2.05, 4.69) is 38.7 Å². The number of rotatable bonds is 4. The van der Waals surface area contributed by atoms with E-state index >= 15 is 0 Å². The largest absolute Gasteiger partial charge is 0.343 e. The van der Waals surface area contributed by atoms with E-state index in [9.17, 15) is 0 Å². The second-order valence-electron chi connectivity index (χ2n) is 7.27. The topological polar surface area (TPSA) is 21.1 Å². The predicted octanol–water partition coefficient (Wildman–Crippen LogP) is 6.98. The van der Waals surface area contributed by atoms with Crippen LogP contribution in [0.5, 0.6) is 0 Å².